The first-order valence-electron chi connectivity index (χ1n) is 11.4. The number of rotatable bonds is 3. The number of allylic oxidation sites excluding steroid dienone is 1. The molecule has 0 fully saturated rings. The zero-order chi connectivity index (χ0) is 22.4. The topological polar surface area (TPSA) is 0 Å². The van der Waals surface area contributed by atoms with E-state index in [4.69, 9.17) is 0 Å². The first-order chi connectivity index (χ1) is 16.2. The van der Waals surface area contributed by atoms with E-state index in [1.807, 2.05) is 0 Å². The van der Waals surface area contributed by atoms with Crippen molar-refractivity contribution >= 4 is 37.9 Å². The molecule has 0 atom stereocenters. The van der Waals surface area contributed by atoms with Gasteiger partial charge in [-0.1, -0.05) is 115 Å². The Morgan fingerprint density at radius 2 is 1.12 bits per heavy atom. The Labute approximate surface area is 194 Å². The second-order valence-corrected chi connectivity index (χ2v) is 8.79. The lowest BCUT2D eigenvalue weighted by Crippen LogP contribution is -1.91. The van der Waals surface area contributed by atoms with Crippen LogP contribution in [0.15, 0.2) is 122 Å². The van der Waals surface area contributed by atoms with E-state index >= 15 is 0 Å². The zero-order valence-electron chi connectivity index (χ0n) is 18.7. The molecule has 0 aromatic heterocycles. The van der Waals surface area contributed by atoms with Gasteiger partial charge in [0.1, 0.15) is 0 Å². The van der Waals surface area contributed by atoms with Gasteiger partial charge in [0.15, 0.2) is 0 Å². The fraction of sp³-hybridized carbons (Fsp3) is 0.0303. The zero-order valence-corrected chi connectivity index (χ0v) is 18.7. The quantitative estimate of drug-likeness (QED) is 0.267. The molecule has 0 aliphatic rings. The van der Waals surface area contributed by atoms with E-state index in [1.54, 1.807) is 0 Å². The monoisotopic (exact) mass is 420 g/mol. The second-order valence-electron chi connectivity index (χ2n) is 8.79. The van der Waals surface area contributed by atoms with Crippen molar-refractivity contribution in [3.8, 4) is 22.3 Å². The highest BCUT2D eigenvalue weighted by molar-refractivity contribution is 6.09. The van der Waals surface area contributed by atoms with E-state index in [2.05, 4.69) is 129 Å². The van der Waals surface area contributed by atoms with E-state index in [-0.39, 0.29) is 0 Å². The molecule has 6 rings (SSSR count). The lowest BCUT2D eigenvalue weighted by Gasteiger charge is -2.17. The fourth-order valence-electron chi connectivity index (χ4n) is 4.98. The number of benzene rings is 6. The van der Waals surface area contributed by atoms with Crippen LogP contribution in [-0.2, 0) is 0 Å². The molecule has 6 aromatic rings. The number of fused-ring (bicyclic) bond motifs is 3. The highest BCUT2D eigenvalue weighted by atomic mass is 14.2. The molecule has 0 radical (unpaired) electrons. The van der Waals surface area contributed by atoms with E-state index in [9.17, 15) is 0 Å². The van der Waals surface area contributed by atoms with Crippen molar-refractivity contribution in [2.45, 2.75) is 6.92 Å². The van der Waals surface area contributed by atoms with Crippen molar-refractivity contribution in [2.75, 3.05) is 0 Å². The van der Waals surface area contributed by atoms with E-state index in [0.717, 1.165) is 5.57 Å². The summed E-state index contributed by atoms with van der Waals surface area (Å²) in [6, 6.07) is 41.8. The molecule has 0 saturated carbocycles. The summed E-state index contributed by atoms with van der Waals surface area (Å²) in [6.45, 7) is 6.39. The van der Waals surface area contributed by atoms with E-state index in [0.29, 0.717) is 0 Å². The smallest absolute Gasteiger partial charge is 0.00299 e. The van der Waals surface area contributed by atoms with Gasteiger partial charge in [-0.05, 0) is 79.2 Å². The minimum Gasteiger partial charge on any atom is -0.0955 e. The van der Waals surface area contributed by atoms with E-state index in [1.165, 1.54) is 60.1 Å². The van der Waals surface area contributed by atoms with Gasteiger partial charge >= 0.3 is 0 Å². The van der Waals surface area contributed by atoms with Crippen molar-refractivity contribution in [2.24, 2.45) is 0 Å². The molecule has 0 spiro atoms. The largest absolute Gasteiger partial charge is 0.0955 e. The number of hydrogen-bond acceptors (Lipinski definition) is 0. The van der Waals surface area contributed by atoms with Gasteiger partial charge in [-0.3, -0.25) is 0 Å². The van der Waals surface area contributed by atoms with Gasteiger partial charge in [0, 0.05) is 0 Å². The molecule has 0 heterocycles. The molecule has 0 amide bonds. The first-order valence-corrected chi connectivity index (χ1v) is 11.4. The van der Waals surface area contributed by atoms with Crippen LogP contribution in [0.2, 0.25) is 0 Å². The minimum atomic E-state index is 1.08. The number of hydrogen-bond donors (Lipinski definition) is 0. The maximum Gasteiger partial charge on any atom is -0.00299 e. The standard InChI is InChI=1S/C33H24/c1-22(2)29-18-19-31-30(27-16-14-23-8-3-5-10-25(23)20-27)12-7-13-32(31)33(29)28-17-15-24-9-4-6-11-26(24)21-28/h3-21H,1H2,2H3. The Morgan fingerprint density at radius 1 is 0.515 bits per heavy atom. The Bertz CT molecular complexity index is 1680. The summed E-state index contributed by atoms with van der Waals surface area (Å²) >= 11 is 0. The Hall–Kier alpha value is -4.16. The predicted octanol–water partition coefficient (Wildman–Crippen LogP) is 9.51. The molecular formula is C33H24. The van der Waals surface area contributed by atoms with Crippen LogP contribution in [-0.4, -0.2) is 0 Å². The molecule has 0 N–H and O–H groups in total. The van der Waals surface area contributed by atoms with Crippen molar-refractivity contribution in [1.82, 2.24) is 0 Å². The third-order valence-corrected chi connectivity index (χ3v) is 6.62. The average Bonchev–Trinajstić information content (AvgIpc) is 2.87. The molecular weight excluding hydrogens is 396 g/mol. The summed E-state index contributed by atoms with van der Waals surface area (Å²) in [5.74, 6) is 0. The highest BCUT2D eigenvalue weighted by Gasteiger charge is 2.14. The lowest BCUT2D eigenvalue weighted by atomic mass is 9.87. The third-order valence-electron chi connectivity index (χ3n) is 6.62. The maximum absolute atomic E-state index is 4.30. The predicted molar refractivity (Wildman–Crippen MR) is 145 cm³/mol. The van der Waals surface area contributed by atoms with Gasteiger partial charge in [-0.15, -0.1) is 0 Å². The average molecular weight is 421 g/mol. The van der Waals surface area contributed by atoms with Crippen LogP contribution in [0.5, 0.6) is 0 Å². The molecule has 0 saturated heterocycles. The first kappa shape index (κ1) is 19.5. The molecule has 156 valence electrons. The minimum absolute atomic E-state index is 1.08. The van der Waals surface area contributed by atoms with Crippen molar-refractivity contribution < 1.29 is 0 Å². The summed E-state index contributed by atoms with van der Waals surface area (Å²) in [6.07, 6.45) is 0. The second kappa shape index (κ2) is 7.76. The third kappa shape index (κ3) is 3.32. The Morgan fingerprint density at radius 3 is 1.79 bits per heavy atom. The van der Waals surface area contributed by atoms with Gasteiger partial charge in [-0.25, -0.2) is 0 Å². The fourth-order valence-corrected chi connectivity index (χ4v) is 4.98. The molecule has 6 aromatic carbocycles. The van der Waals surface area contributed by atoms with Crippen LogP contribution < -0.4 is 0 Å². The lowest BCUT2D eigenvalue weighted by molar-refractivity contribution is 1.58. The Kier molecular flexibility index (Phi) is 4.59. The van der Waals surface area contributed by atoms with Crippen LogP contribution in [0.1, 0.15) is 12.5 Å². The maximum atomic E-state index is 4.30. The van der Waals surface area contributed by atoms with Gasteiger partial charge in [-0.2, -0.15) is 0 Å². The summed E-state index contributed by atoms with van der Waals surface area (Å²) < 4.78 is 0. The van der Waals surface area contributed by atoms with Crippen LogP contribution in [0.3, 0.4) is 0 Å². The Balaban J connectivity index is 1.64. The van der Waals surface area contributed by atoms with Crippen molar-refractivity contribution in [3.05, 3.63) is 127 Å². The van der Waals surface area contributed by atoms with Gasteiger partial charge in [0.05, 0.1) is 0 Å². The molecule has 0 aliphatic carbocycles. The molecule has 0 heteroatoms. The SMILES string of the molecule is C=C(C)c1ccc2c(-c3ccc4ccccc4c3)cccc2c1-c1ccc2ccccc2c1. The van der Waals surface area contributed by atoms with E-state index < -0.39 is 0 Å². The summed E-state index contributed by atoms with van der Waals surface area (Å²) in [4.78, 5) is 0. The van der Waals surface area contributed by atoms with Gasteiger partial charge in [0.2, 0.25) is 0 Å². The van der Waals surface area contributed by atoms with Gasteiger partial charge in [0.25, 0.3) is 0 Å². The highest BCUT2D eigenvalue weighted by Crippen LogP contribution is 2.40. The summed E-state index contributed by atoms with van der Waals surface area (Å²) in [5.41, 5.74) is 7.27. The molecule has 33 heavy (non-hydrogen) atoms. The van der Waals surface area contributed by atoms with Crippen molar-refractivity contribution in [3.63, 3.8) is 0 Å². The van der Waals surface area contributed by atoms with Crippen LogP contribution in [0.4, 0.5) is 0 Å². The van der Waals surface area contributed by atoms with Gasteiger partial charge < -0.3 is 0 Å². The normalized spacial score (nSPS) is 11.3. The van der Waals surface area contributed by atoms with Crippen molar-refractivity contribution in [1.29, 1.82) is 0 Å². The summed E-state index contributed by atoms with van der Waals surface area (Å²) in [5, 5.41) is 7.57. The molecule has 0 aliphatic heterocycles. The van der Waals surface area contributed by atoms with Crippen LogP contribution in [0, 0.1) is 0 Å². The molecule has 0 unspecified atom stereocenters. The summed E-state index contributed by atoms with van der Waals surface area (Å²) in [7, 11) is 0. The van der Waals surface area contributed by atoms with Crippen LogP contribution >= 0.6 is 0 Å². The van der Waals surface area contributed by atoms with Crippen LogP contribution in [0.25, 0.3) is 60.1 Å². The molecule has 0 bridgehead atoms. The molecule has 0 nitrogen and oxygen atoms in total.